The number of piperidine rings is 1. The van der Waals surface area contributed by atoms with E-state index in [4.69, 9.17) is 16.3 Å². The van der Waals surface area contributed by atoms with Gasteiger partial charge in [0.25, 0.3) is 5.91 Å². The number of amides is 2. The minimum Gasteiger partial charge on any atom is -0.483 e. The van der Waals surface area contributed by atoms with Gasteiger partial charge < -0.3 is 15.0 Å². The van der Waals surface area contributed by atoms with Crippen molar-refractivity contribution in [3.05, 3.63) is 52.7 Å². The van der Waals surface area contributed by atoms with Crippen molar-refractivity contribution in [1.29, 1.82) is 0 Å². The summed E-state index contributed by atoms with van der Waals surface area (Å²) in [7, 11) is 0. The molecule has 0 unspecified atom stereocenters. The number of benzene rings is 1. The monoisotopic (exact) mass is 429 g/mol. The first-order valence-corrected chi connectivity index (χ1v) is 10.7. The zero-order chi connectivity index (χ0) is 21.7. The maximum absolute atomic E-state index is 12.6. The molecule has 1 fully saturated rings. The third-order valence-electron chi connectivity index (χ3n) is 5.40. The summed E-state index contributed by atoms with van der Waals surface area (Å²) in [5.41, 5.74) is 1.91. The minimum absolute atomic E-state index is 0.0222. The van der Waals surface area contributed by atoms with Crippen LogP contribution in [0.15, 0.2) is 36.5 Å². The molecule has 1 aliphatic heterocycles. The summed E-state index contributed by atoms with van der Waals surface area (Å²) < 4.78 is 5.87. The number of halogens is 1. The van der Waals surface area contributed by atoms with Gasteiger partial charge in [0.05, 0.1) is 0 Å². The van der Waals surface area contributed by atoms with Crippen molar-refractivity contribution in [2.45, 2.75) is 39.5 Å². The number of carbonyl (C=O) groups is 2. The van der Waals surface area contributed by atoms with Crippen LogP contribution in [0.1, 0.15) is 43.7 Å². The third kappa shape index (κ3) is 5.51. The highest BCUT2D eigenvalue weighted by Crippen LogP contribution is 2.32. The third-order valence-corrected chi connectivity index (χ3v) is 5.81. The van der Waals surface area contributed by atoms with E-state index in [-0.39, 0.29) is 30.3 Å². The van der Waals surface area contributed by atoms with Gasteiger partial charge in [-0.1, -0.05) is 31.5 Å². The zero-order valence-electron chi connectivity index (χ0n) is 17.7. The number of anilines is 1. The van der Waals surface area contributed by atoms with E-state index in [1.807, 2.05) is 25.1 Å². The first-order valence-electron chi connectivity index (χ1n) is 10.3. The van der Waals surface area contributed by atoms with Crippen LogP contribution in [-0.4, -0.2) is 41.4 Å². The molecule has 3 rings (SSSR count). The molecule has 160 valence electrons. The molecule has 1 aliphatic rings. The SMILES string of the molecule is Cc1cc(OCC(=O)N2CCC(C(=O)Nc3ccccn3)CC2)c(C(C)C)cc1Cl. The Hall–Kier alpha value is -2.60. The van der Waals surface area contributed by atoms with Gasteiger partial charge in [-0.15, -0.1) is 0 Å². The fourth-order valence-corrected chi connectivity index (χ4v) is 3.71. The van der Waals surface area contributed by atoms with Gasteiger partial charge >= 0.3 is 0 Å². The highest BCUT2D eigenvalue weighted by molar-refractivity contribution is 6.31. The Kier molecular flexibility index (Phi) is 7.32. The second-order valence-corrected chi connectivity index (χ2v) is 8.35. The lowest BCUT2D eigenvalue weighted by atomic mass is 9.96. The molecule has 6 nitrogen and oxygen atoms in total. The van der Waals surface area contributed by atoms with Gasteiger partial charge in [-0.05, 0) is 61.1 Å². The number of aryl methyl sites for hydroxylation is 1. The maximum atomic E-state index is 12.6. The largest absolute Gasteiger partial charge is 0.483 e. The lowest BCUT2D eigenvalue weighted by molar-refractivity contribution is -0.136. The molecule has 1 N–H and O–H groups in total. The van der Waals surface area contributed by atoms with Crippen LogP contribution in [0, 0.1) is 12.8 Å². The van der Waals surface area contributed by atoms with Crippen LogP contribution in [0.4, 0.5) is 5.82 Å². The number of hydrogen-bond donors (Lipinski definition) is 1. The summed E-state index contributed by atoms with van der Waals surface area (Å²) in [5.74, 6) is 1.25. The molecule has 2 aromatic rings. The minimum atomic E-state index is -0.122. The highest BCUT2D eigenvalue weighted by atomic mass is 35.5. The van der Waals surface area contributed by atoms with E-state index in [9.17, 15) is 9.59 Å². The Morgan fingerprint density at radius 1 is 1.27 bits per heavy atom. The summed E-state index contributed by atoms with van der Waals surface area (Å²) in [4.78, 5) is 30.9. The van der Waals surface area contributed by atoms with Crippen LogP contribution in [0.2, 0.25) is 5.02 Å². The Labute approximate surface area is 182 Å². The second kappa shape index (κ2) is 9.94. The molecule has 1 saturated heterocycles. The summed E-state index contributed by atoms with van der Waals surface area (Å²) in [6.07, 6.45) is 2.90. The van der Waals surface area contributed by atoms with Gasteiger partial charge in [-0.2, -0.15) is 0 Å². The maximum Gasteiger partial charge on any atom is 0.260 e. The van der Waals surface area contributed by atoms with Crippen LogP contribution >= 0.6 is 11.6 Å². The number of aromatic nitrogens is 1. The van der Waals surface area contributed by atoms with E-state index in [2.05, 4.69) is 24.1 Å². The summed E-state index contributed by atoms with van der Waals surface area (Å²) >= 11 is 6.24. The lowest BCUT2D eigenvalue weighted by Gasteiger charge is -2.31. The predicted octanol–water partition coefficient (Wildman–Crippen LogP) is 4.42. The smallest absolute Gasteiger partial charge is 0.260 e. The molecule has 0 atom stereocenters. The molecule has 1 aromatic heterocycles. The predicted molar refractivity (Wildman–Crippen MR) is 118 cm³/mol. The number of hydrogen-bond acceptors (Lipinski definition) is 4. The van der Waals surface area contributed by atoms with Crippen LogP contribution in [0.25, 0.3) is 0 Å². The molecule has 1 aromatic carbocycles. The Morgan fingerprint density at radius 2 is 2.00 bits per heavy atom. The van der Waals surface area contributed by atoms with Gasteiger partial charge in [0, 0.05) is 30.2 Å². The van der Waals surface area contributed by atoms with Gasteiger partial charge in [0.15, 0.2) is 6.61 Å². The van der Waals surface area contributed by atoms with Crippen LogP contribution in [0.3, 0.4) is 0 Å². The van der Waals surface area contributed by atoms with E-state index in [0.29, 0.717) is 42.5 Å². The summed E-state index contributed by atoms with van der Waals surface area (Å²) in [6.45, 7) is 7.11. The van der Waals surface area contributed by atoms with Gasteiger partial charge in [-0.3, -0.25) is 9.59 Å². The van der Waals surface area contributed by atoms with E-state index in [0.717, 1.165) is 11.1 Å². The average molecular weight is 430 g/mol. The topological polar surface area (TPSA) is 71.5 Å². The number of rotatable bonds is 6. The molecule has 7 heteroatoms. The zero-order valence-corrected chi connectivity index (χ0v) is 18.4. The van der Waals surface area contributed by atoms with Gasteiger partial charge in [0.2, 0.25) is 5.91 Å². The highest BCUT2D eigenvalue weighted by Gasteiger charge is 2.28. The van der Waals surface area contributed by atoms with Crippen molar-refractivity contribution in [2.24, 2.45) is 5.92 Å². The normalized spacial score (nSPS) is 14.6. The standard InChI is InChI=1S/C23H28ClN3O3/c1-15(2)18-13-19(24)16(3)12-20(18)30-14-22(28)27-10-7-17(8-11-27)23(29)26-21-6-4-5-9-25-21/h4-6,9,12-13,15,17H,7-8,10-11,14H2,1-3H3,(H,25,26,29). The van der Waals surface area contributed by atoms with E-state index in [1.165, 1.54) is 0 Å². The second-order valence-electron chi connectivity index (χ2n) is 7.94. The van der Waals surface area contributed by atoms with Crippen molar-refractivity contribution < 1.29 is 14.3 Å². The number of carbonyl (C=O) groups excluding carboxylic acids is 2. The van der Waals surface area contributed by atoms with Crippen LogP contribution in [0.5, 0.6) is 5.75 Å². The van der Waals surface area contributed by atoms with Crippen LogP contribution in [-0.2, 0) is 9.59 Å². The molecule has 2 amide bonds. The van der Waals surface area contributed by atoms with E-state index >= 15 is 0 Å². The van der Waals surface area contributed by atoms with E-state index in [1.54, 1.807) is 23.2 Å². The fourth-order valence-electron chi connectivity index (χ4n) is 3.53. The van der Waals surface area contributed by atoms with Gasteiger partial charge in [0.1, 0.15) is 11.6 Å². The molecule has 0 radical (unpaired) electrons. The molecular formula is C23H28ClN3O3. The van der Waals surface area contributed by atoms with Crippen molar-refractivity contribution in [3.63, 3.8) is 0 Å². The molecule has 0 spiro atoms. The quantitative estimate of drug-likeness (QED) is 0.737. The Morgan fingerprint density at radius 3 is 2.63 bits per heavy atom. The van der Waals surface area contributed by atoms with Crippen molar-refractivity contribution in [3.8, 4) is 5.75 Å². The number of ether oxygens (including phenoxy) is 1. The molecule has 30 heavy (non-hydrogen) atoms. The van der Waals surface area contributed by atoms with Crippen molar-refractivity contribution >= 4 is 29.2 Å². The lowest BCUT2D eigenvalue weighted by Crippen LogP contribution is -2.43. The molecule has 0 saturated carbocycles. The Balaban J connectivity index is 1.51. The first-order chi connectivity index (χ1) is 14.3. The first kappa shape index (κ1) is 22.1. The molecular weight excluding hydrogens is 402 g/mol. The number of nitrogens with one attached hydrogen (secondary N) is 1. The van der Waals surface area contributed by atoms with Gasteiger partial charge in [-0.25, -0.2) is 4.98 Å². The van der Waals surface area contributed by atoms with Crippen molar-refractivity contribution in [2.75, 3.05) is 25.0 Å². The van der Waals surface area contributed by atoms with Crippen molar-refractivity contribution in [1.82, 2.24) is 9.88 Å². The average Bonchev–Trinajstić information content (AvgIpc) is 2.74. The summed E-state index contributed by atoms with van der Waals surface area (Å²) in [6, 6.07) is 9.19. The summed E-state index contributed by atoms with van der Waals surface area (Å²) in [5, 5.41) is 3.54. The number of likely N-dealkylation sites (tertiary alicyclic amines) is 1. The molecule has 0 aliphatic carbocycles. The Bertz CT molecular complexity index is 894. The molecule has 0 bridgehead atoms. The fraction of sp³-hybridized carbons (Fsp3) is 0.435. The number of nitrogens with zero attached hydrogens (tertiary/aromatic N) is 2. The molecule has 2 heterocycles. The van der Waals surface area contributed by atoms with E-state index < -0.39 is 0 Å². The number of pyridine rings is 1. The van der Waals surface area contributed by atoms with Crippen LogP contribution < -0.4 is 10.1 Å².